The summed E-state index contributed by atoms with van der Waals surface area (Å²) in [5, 5.41) is 2.47. The molecule has 0 saturated heterocycles. The van der Waals surface area contributed by atoms with Gasteiger partial charge in [0.15, 0.2) is 0 Å². The minimum atomic E-state index is -0.533. The van der Waals surface area contributed by atoms with Gasteiger partial charge in [0.2, 0.25) is 0 Å². The molecule has 1 aromatic rings. The van der Waals surface area contributed by atoms with Gasteiger partial charge < -0.3 is 11.1 Å². The molecule has 3 nitrogen and oxygen atoms in total. The van der Waals surface area contributed by atoms with Crippen LogP contribution in [0.5, 0.6) is 0 Å². The third kappa shape index (κ3) is 3.25. The summed E-state index contributed by atoms with van der Waals surface area (Å²) in [6.07, 6.45) is 0. The molecule has 0 radical (unpaired) electrons. The Morgan fingerprint density at radius 1 is 1.33 bits per heavy atom. The van der Waals surface area contributed by atoms with Gasteiger partial charge in [0, 0.05) is 5.69 Å². The Balaban J connectivity index is 0.00000121. The van der Waals surface area contributed by atoms with Crippen LogP contribution in [0.25, 0.3) is 0 Å². The summed E-state index contributed by atoms with van der Waals surface area (Å²) in [5.41, 5.74) is 6.79. The molecule has 4 heteroatoms. The highest BCUT2D eigenvalue weighted by Gasteiger charge is 1.92. The van der Waals surface area contributed by atoms with Crippen molar-refractivity contribution in [3.05, 3.63) is 29.8 Å². The normalized spacial score (nSPS) is 8.42. The molecule has 1 rings (SSSR count). The molecule has 12 heavy (non-hydrogen) atoms. The van der Waals surface area contributed by atoms with Gasteiger partial charge in [-0.15, -0.1) is 12.4 Å². The van der Waals surface area contributed by atoms with Crippen LogP contribution in [-0.2, 0) is 0 Å². The summed E-state index contributed by atoms with van der Waals surface area (Å²) in [4.78, 5) is 10.4. The van der Waals surface area contributed by atoms with Gasteiger partial charge in [-0.05, 0) is 19.1 Å². The van der Waals surface area contributed by atoms with Crippen LogP contribution < -0.4 is 11.1 Å². The van der Waals surface area contributed by atoms with Crippen molar-refractivity contribution < 1.29 is 4.79 Å². The number of primary amides is 1. The number of urea groups is 1. The maximum absolute atomic E-state index is 10.4. The topological polar surface area (TPSA) is 55.1 Å². The minimum Gasteiger partial charge on any atom is -0.351 e. The van der Waals surface area contributed by atoms with E-state index in [0.29, 0.717) is 0 Å². The van der Waals surface area contributed by atoms with Gasteiger partial charge in [0.25, 0.3) is 0 Å². The average molecular weight is 187 g/mol. The fourth-order valence-corrected chi connectivity index (χ4v) is 0.779. The molecule has 0 aliphatic heterocycles. The van der Waals surface area contributed by atoms with Crippen LogP contribution >= 0.6 is 12.4 Å². The number of carbonyl (C=O) groups excluding carboxylic acids is 1. The first-order chi connectivity index (χ1) is 5.18. The monoisotopic (exact) mass is 186 g/mol. The number of benzene rings is 1. The van der Waals surface area contributed by atoms with Crippen LogP contribution in [0.1, 0.15) is 5.56 Å². The Morgan fingerprint density at radius 2 is 1.83 bits per heavy atom. The molecule has 0 unspecified atom stereocenters. The fraction of sp³-hybridized carbons (Fsp3) is 0.125. The molecular formula is C8H11ClN2O. The van der Waals surface area contributed by atoms with Gasteiger partial charge in [0.1, 0.15) is 0 Å². The van der Waals surface area contributed by atoms with Crippen molar-refractivity contribution in [1.29, 1.82) is 0 Å². The van der Waals surface area contributed by atoms with Crippen LogP contribution in [0.15, 0.2) is 24.3 Å². The van der Waals surface area contributed by atoms with E-state index in [0.717, 1.165) is 11.3 Å². The van der Waals surface area contributed by atoms with E-state index in [-0.39, 0.29) is 12.4 Å². The van der Waals surface area contributed by atoms with Crippen molar-refractivity contribution in [2.24, 2.45) is 5.73 Å². The van der Waals surface area contributed by atoms with Crippen molar-refractivity contribution in [2.45, 2.75) is 6.92 Å². The number of aryl methyl sites for hydroxylation is 1. The quantitative estimate of drug-likeness (QED) is 0.692. The molecule has 0 saturated carbocycles. The van der Waals surface area contributed by atoms with Gasteiger partial charge in [-0.2, -0.15) is 0 Å². The molecule has 2 amide bonds. The minimum absolute atomic E-state index is 0. The highest BCUT2D eigenvalue weighted by molar-refractivity contribution is 5.87. The summed E-state index contributed by atoms with van der Waals surface area (Å²) < 4.78 is 0. The molecule has 1 aromatic carbocycles. The number of hydrogen-bond donors (Lipinski definition) is 2. The van der Waals surface area contributed by atoms with Crippen LogP contribution in [0.3, 0.4) is 0 Å². The Hall–Kier alpha value is -1.22. The van der Waals surface area contributed by atoms with E-state index in [9.17, 15) is 4.79 Å². The van der Waals surface area contributed by atoms with Gasteiger partial charge in [-0.1, -0.05) is 17.7 Å². The van der Waals surface area contributed by atoms with E-state index < -0.39 is 6.03 Å². The van der Waals surface area contributed by atoms with Gasteiger partial charge in [0.05, 0.1) is 0 Å². The molecule has 0 atom stereocenters. The van der Waals surface area contributed by atoms with E-state index in [4.69, 9.17) is 5.73 Å². The first-order valence-corrected chi connectivity index (χ1v) is 3.31. The van der Waals surface area contributed by atoms with E-state index in [1.165, 1.54) is 0 Å². The number of anilines is 1. The highest BCUT2D eigenvalue weighted by Crippen LogP contribution is 2.07. The van der Waals surface area contributed by atoms with Crippen molar-refractivity contribution >= 4 is 24.1 Å². The maximum Gasteiger partial charge on any atom is 0.316 e. The van der Waals surface area contributed by atoms with E-state index in [1.807, 2.05) is 19.1 Å². The smallest absolute Gasteiger partial charge is 0.316 e. The second-order valence-corrected chi connectivity index (χ2v) is 2.36. The number of hydrogen-bond acceptors (Lipinski definition) is 1. The Bertz CT molecular complexity index is 258. The third-order valence-electron chi connectivity index (χ3n) is 1.32. The molecule has 0 aliphatic carbocycles. The van der Waals surface area contributed by atoms with Crippen LogP contribution in [0, 0.1) is 6.92 Å². The predicted molar refractivity (Wildman–Crippen MR) is 51.6 cm³/mol. The van der Waals surface area contributed by atoms with Crippen molar-refractivity contribution in [1.82, 2.24) is 0 Å². The van der Waals surface area contributed by atoms with Gasteiger partial charge in [-0.3, -0.25) is 0 Å². The van der Waals surface area contributed by atoms with E-state index in [1.54, 1.807) is 12.1 Å². The summed E-state index contributed by atoms with van der Waals surface area (Å²) >= 11 is 0. The maximum atomic E-state index is 10.4. The molecule has 3 N–H and O–H groups in total. The van der Waals surface area contributed by atoms with Gasteiger partial charge in [-0.25, -0.2) is 4.79 Å². The van der Waals surface area contributed by atoms with Crippen molar-refractivity contribution in [3.63, 3.8) is 0 Å². The number of nitrogens with two attached hydrogens (primary N) is 1. The lowest BCUT2D eigenvalue weighted by Crippen LogP contribution is -2.19. The summed E-state index contributed by atoms with van der Waals surface area (Å²) in [5.74, 6) is 0. The predicted octanol–water partition coefficient (Wildman–Crippen LogP) is 1.91. The lowest BCUT2D eigenvalue weighted by molar-refractivity contribution is 0.259. The van der Waals surface area contributed by atoms with Crippen molar-refractivity contribution in [2.75, 3.05) is 5.32 Å². The summed E-state index contributed by atoms with van der Waals surface area (Å²) in [7, 11) is 0. The molecule has 66 valence electrons. The second-order valence-electron chi connectivity index (χ2n) is 2.36. The Labute approximate surface area is 77.4 Å². The molecule has 0 fully saturated rings. The van der Waals surface area contributed by atoms with Crippen molar-refractivity contribution in [3.8, 4) is 0 Å². The number of nitrogens with one attached hydrogen (secondary N) is 1. The molecule has 0 heterocycles. The zero-order valence-corrected chi connectivity index (χ0v) is 7.52. The first-order valence-electron chi connectivity index (χ1n) is 3.31. The fourth-order valence-electron chi connectivity index (χ4n) is 0.779. The summed E-state index contributed by atoms with van der Waals surface area (Å²) in [6.45, 7) is 1.98. The van der Waals surface area contributed by atoms with Gasteiger partial charge >= 0.3 is 6.03 Å². The number of carbonyl (C=O) groups is 1. The second kappa shape index (κ2) is 4.62. The van der Waals surface area contributed by atoms with Crippen LogP contribution in [0.2, 0.25) is 0 Å². The lowest BCUT2D eigenvalue weighted by Gasteiger charge is -2.00. The number of halogens is 1. The molecule has 0 bridgehead atoms. The SMILES string of the molecule is Cc1ccc(NC(N)=O)cc1.Cl. The lowest BCUT2D eigenvalue weighted by atomic mass is 10.2. The molecule has 0 aliphatic rings. The average Bonchev–Trinajstić information content (AvgIpc) is 1.93. The zero-order valence-electron chi connectivity index (χ0n) is 6.70. The molecular weight excluding hydrogens is 176 g/mol. The third-order valence-corrected chi connectivity index (χ3v) is 1.32. The molecule has 0 spiro atoms. The number of amides is 2. The number of rotatable bonds is 1. The zero-order chi connectivity index (χ0) is 8.27. The highest BCUT2D eigenvalue weighted by atomic mass is 35.5. The Morgan fingerprint density at radius 3 is 2.25 bits per heavy atom. The summed E-state index contributed by atoms with van der Waals surface area (Å²) in [6, 6.07) is 6.89. The van der Waals surface area contributed by atoms with E-state index in [2.05, 4.69) is 5.32 Å². The van der Waals surface area contributed by atoms with Crippen LogP contribution in [-0.4, -0.2) is 6.03 Å². The largest absolute Gasteiger partial charge is 0.351 e. The van der Waals surface area contributed by atoms with E-state index >= 15 is 0 Å². The Kier molecular flexibility index (Phi) is 4.15. The first kappa shape index (κ1) is 10.8. The molecule has 0 aromatic heterocycles. The van der Waals surface area contributed by atoms with Crippen LogP contribution in [0.4, 0.5) is 10.5 Å². The standard InChI is InChI=1S/C8H10N2O.ClH/c1-6-2-4-7(5-3-6)10-8(9)11;/h2-5H,1H3,(H3,9,10,11);1H.